The third kappa shape index (κ3) is 4.66. The molecule has 4 heteroatoms. The Morgan fingerprint density at radius 2 is 2.16 bits per heavy atom. The molecule has 1 N–H and O–H groups in total. The van der Waals surface area contributed by atoms with Gasteiger partial charge in [-0.1, -0.05) is 12.1 Å². The summed E-state index contributed by atoms with van der Waals surface area (Å²) in [6.07, 6.45) is 5.87. The molecule has 0 heterocycles. The van der Waals surface area contributed by atoms with E-state index < -0.39 is 5.97 Å². The van der Waals surface area contributed by atoms with Gasteiger partial charge in [0.2, 0.25) is 0 Å². The van der Waals surface area contributed by atoms with E-state index in [1.54, 1.807) is 12.1 Å². The van der Waals surface area contributed by atoms with E-state index in [9.17, 15) is 4.79 Å². The van der Waals surface area contributed by atoms with E-state index in [-0.39, 0.29) is 5.56 Å². The Bertz CT molecular complexity index is 426. The summed E-state index contributed by atoms with van der Waals surface area (Å²) in [7, 11) is 1.50. The van der Waals surface area contributed by atoms with E-state index in [0.717, 1.165) is 25.7 Å². The lowest BCUT2D eigenvalue weighted by Gasteiger charge is -2.12. The van der Waals surface area contributed by atoms with Gasteiger partial charge in [0, 0.05) is 0 Å². The largest absolute Gasteiger partial charge is 0.493 e. The average molecular weight is 264 g/mol. The number of methoxy groups -OCH3 is 1. The highest BCUT2D eigenvalue weighted by atomic mass is 16.5. The first-order chi connectivity index (χ1) is 9.20. The predicted octanol–water partition coefficient (Wildman–Crippen LogP) is 3.52. The zero-order chi connectivity index (χ0) is 14.1. The summed E-state index contributed by atoms with van der Waals surface area (Å²) in [5.41, 5.74) is 0.130. The van der Waals surface area contributed by atoms with Crippen LogP contribution in [-0.4, -0.2) is 24.8 Å². The van der Waals surface area contributed by atoms with Crippen LogP contribution in [0, 0.1) is 0 Å². The van der Waals surface area contributed by atoms with Gasteiger partial charge in [0.05, 0.1) is 13.7 Å². The molecule has 0 radical (unpaired) electrons. The molecule has 0 aliphatic carbocycles. The molecule has 0 aliphatic rings. The zero-order valence-electron chi connectivity index (χ0n) is 11.2. The van der Waals surface area contributed by atoms with Gasteiger partial charge in [-0.15, -0.1) is 6.58 Å². The number of allylic oxidation sites excluding steroid dienone is 1. The lowest BCUT2D eigenvalue weighted by atomic mass is 10.2. The average Bonchev–Trinajstić information content (AvgIpc) is 2.42. The van der Waals surface area contributed by atoms with Crippen molar-refractivity contribution in [1.29, 1.82) is 0 Å². The van der Waals surface area contributed by atoms with Crippen LogP contribution in [0.1, 0.15) is 36.0 Å². The molecular weight excluding hydrogens is 244 g/mol. The molecule has 0 fully saturated rings. The van der Waals surface area contributed by atoms with Crippen LogP contribution in [0.15, 0.2) is 30.9 Å². The minimum atomic E-state index is -1.01. The maximum absolute atomic E-state index is 11.1. The van der Waals surface area contributed by atoms with Gasteiger partial charge in [-0.05, 0) is 37.8 Å². The van der Waals surface area contributed by atoms with Crippen LogP contribution in [0.4, 0.5) is 0 Å². The molecule has 0 spiro atoms. The summed E-state index contributed by atoms with van der Waals surface area (Å²) in [5, 5.41) is 9.11. The summed E-state index contributed by atoms with van der Waals surface area (Å²) in [6, 6.07) is 4.84. The number of aromatic carboxylic acids is 1. The fourth-order valence-corrected chi connectivity index (χ4v) is 1.74. The summed E-state index contributed by atoms with van der Waals surface area (Å²) in [6.45, 7) is 4.15. The topological polar surface area (TPSA) is 55.8 Å². The number of unbranched alkanes of at least 4 members (excludes halogenated alkanes) is 3. The maximum Gasteiger partial charge on any atom is 0.339 e. The molecule has 0 unspecified atom stereocenters. The summed E-state index contributed by atoms with van der Waals surface area (Å²) < 4.78 is 10.7. The van der Waals surface area contributed by atoms with E-state index >= 15 is 0 Å². The minimum Gasteiger partial charge on any atom is -0.493 e. The van der Waals surface area contributed by atoms with Crippen molar-refractivity contribution in [3.63, 3.8) is 0 Å². The van der Waals surface area contributed by atoms with E-state index in [1.165, 1.54) is 13.2 Å². The first-order valence-electron chi connectivity index (χ1n) is 6.34. The minimum absolute atomic E-state index is 0.130. The fraction of sp³-hybridized carbons (Fsp3) is 0.400. The van der Waals surface area contributed by atoms with Crippen molar-refractivity contribution in [3.8, 4) is 11.5 Å². The van der Waals surface area contributed by atoms with Gasteiger partial charge < -0.3 is 14.6 Å². The maximum atomic E-state index is 11.1. The number of carboxylic acids is 1. The third-order valence-corrected chi connectivity index (χ3v) is 2.73. The molecule has 4 nitrogen and oxygen atoms in total. The highest BCUT2D eigenvalue weighted by molar-refractivity contribution is 5.92. The van der Waals surface area contributed by atoms with Crippen LogP contribution in [0.25, 0.3) is 0 Å². The Morgan fingerprint density at radius 1 is 1.37 bits per heavy atom. The van der Waals surface area contributed by atoms with Crippen molar-refractivity contribution >= 4 is 5.97 Å². The zero-order valence-corrected chi connectivity index (χ0v) is 11.2. The summed E-state index contributed by atoms with van der Waals surface area (Å²) in [5.74, 6) is -0.257. The lowest BCUT2D eigenvalue weighted by molar-refractivity contribution is 0.0691. The number of carboxylic acid groups (broad SMARTS) is 1. The molecule has 0 aromatic heterocycles. The monoisotopic (exact) mass is 264 g/mol. The third-order valence-electron chi connectivity index (χ3n) is 2.73. The quantitative estimate of drug-likeness (QED) is 0.547. The van der Waals surface area contributed by atoms with Crippen LogP contribution in [-0.2, 0) is 0 Å². The molecule has 0 saturated carbocycles. The van der Waals surface area contributed by atoms with Crippen LogP contribution < -0.4 is 9.47 Å². The number of ether oxygens (including phenoxy) is 2. The number of para-hydroxylation sites is 1. The first kappa shape index (κ1) is 15.1. The highest BCUT2D eigenvalue weighted by Gasteiger charge is 2.15. The first-order valence-corrected chi connectivity index (χ1v) is 6.34. The molecule has 0 saturated heterocycles. The summed E-state index contributed by atoms with van der Waals surface area (Å²) >= 11 is 0. The molecule has 0 bridgehead atoms. The summed E-state index contributed by atoms with van der Waals surface area (Å²) in [4.78, 5) is 11.1. The molecule has 0 atom stereocenters. The molecule has 19 heavy (non-hydrogen) atoms. The van der Waals surface area contributed by atoms with Crippen molar-refractivity contribution < 1.29 is 19.4 Å². The van der Waals surface area contributed by atoms with Crippen molar-refractivity contribution in [2.75, 3.05) is 13.7 Å². The van der Waals surface area contributed by atoms with Gasteiger partial charge in [-0.2, -0.15) is 0 Å². The van der Waals surface area contributed by atoms with Crippen molar-refractivity contribution in [1.82, 2.24) is 0 Å². The van der Waals surface area contributed by atoms with Crippen molar-refractivity contribution in [2.45, 2.75) is 25.7 Å². The number of rotatable bonds is 9. The van der Waals surface area contributed by atoms with E-state index in [0.29, 0.717) is 18.1 Å². The number of carbonyl (C=O) groups is 1. The standard InChI is InChI=1S/C15H20O4/c1-3-4-5-6-7-11-19-14-12(15(16)17)9-8-10-13(14)18-2/h3,8-10H,1,4-7,11H2,2H3,(H,16,17). The Kier molecular flexibility index (Phi) is 6.50. The molecule has 0 aliphatic heterocycles. The molecule has 1 aromatic rings. The van der Waals surface area contributed by atoms with Gasteiger partial charge in [-0.25, -0.2) is 4.79 Å². The molecule has 104 valence electrons. The van der Waals surface area contributed by atoms with Crippen molar-refractivity contribution in [3.05, 3.63) is 36.4 Å². The van der Waals surface area contributed by atoms with Gasteiger partial charge in [-0.3, -0.25) is 0 Å². The number of hydrogen-bond acceptors (Lipinski definition) is 3. The van der Waals surface area contributed by atoms with Crippen LogP contribution in [0.3, 0.4) is 0 Å². The van der Waals surface area contributed by atoms with Gasteiger partial charge >= 0.3 is 5.97 Å². The van der Waals surface area contributed by atoms with Gasteiger partial charge in [0.1, 0.15) is 5.56 Å². The van der Waals surface area contributed by atoms with E-state index in [2.05, 4.69) is 6.58 Å². The molecule has 1 rings (SSSR count). The second-order valence-electron chi connectivity index (χ2n) is 4.13. The normalized spacial score (nSPS) is 9.95. The van der Waals surface area contributed by atoms with Crippen LogP contribution in [0.2, 0.25) is 0 Å². The molecular formula is C15H20O4. The predicted molar refractivity (Wildman–Crippen MR) is 74.1 cm³/mol. The van der Waals surface area contributed by atoms with Crippen molar-refractivity contribution in [2.24, 2.45) is 0 Å². The van der Waals surface area contributed by atoms with E-state index in [4.69, 9.17) is 14.6 Å². The SMILES string of the molecule is C=CCCCCCOc1c(OC)cccc1C(=O)O. The molecule has 0 amide bonds. The van der Waals surface area contributed by atoms with Crippen LogP contribution in [0.5, 0.6) is 11.5 Å². The molecule has 1 aromatic carbocycles. The number of hydrogen-bond donors (Lipinski definition) is 1. The number of benzene rings is 1. The fourth-order valence-electron chi connectivity index (χ4n) is 1.74. The van der Waals surface area contributed by atoms with E-state index in [1.807, 2.05) is 6.08 Å². The Hall–Kier alpha value is -1.97. The second kappa shape index (κ2) is 8.19. The second-order valence-corrected chi connectivity index (χ2v) is 4.13. The van der Waals surface area contributed by atoms with Gasteiger partial charge in [0.25, 0.3) is 0 Å². The Labute approximate surface area is 113 Å². The Balaban J connectivity index is 2.60. The highest BCUT2D eigenvalue weighted by Crippen LogP contribution is 2.31. The Morgan fingerprint density at radius 3 is 2.79 bits per heavy atom. The lowest BCUT2D eigenvalue weighted by Crippen LogP contribution is -2.06. The van der Waals surface area contributed by atoms with Crippen LogP contribution >= 0.6 is 0 Å². The van der Waals surface area contributed by atoms with Gasteiger partial charge in [0.15, 0.2) is 11.5 Å². The smallest absolute Gasteiger partial charge is 0.339 e.